The fraction of sp³-hybridized carbons (Fsp3) is 0.211. The van der Waals surface area contributed by atoms with Gasteiger partial charge in [-0.25, -0.2) is 0 Å². The maximum absolute atomic E-state index is 6.42. The van der Waals surface area contributed by atoms with Crippen molar-refractivity contribution < 1.29 is 9.47 Å². The highest BCUT2D eigenvalue weighted by Gasteiger charge is 2.17. The molecular weight excluding hydrogens is 373 g/mol. The van der Waals surface area contributed by atoms with Gasteiger partial charge in [-0.1, -0.05) is 41.4 Å². The summed E-state index contributed by atoms with van der Waals surface area (Å²) in [6, 6.07) is 13.5. The zero-order chi connectivity index (χ0) is 18.5. The summed E-state index contributed by atoms with van der Waals surface area (Å²) in [6.45, 7) is 0. The molecule has 0 saturated heterocycles. The average molecular weight is 392 g/mol. The van der Waals surface area contributed by atoms with Crippen LogP contribution in [0, 0.1) is 0 Å². The largest absolute Gasteiger partial charge is 0.495 e. The lowest BCUT2D eigenvalue weighted by molar-refractivity contribution is 0.393. The molecule has 1 aromatic heterocycles. The molecule has 0 unspecified atom stereocenters. The number of hydrogen-bond donors (Lipinski definition) is 2. The molecule has 0 aliphatic carbocycles. The standard InChI is InChI=1S/C19H19Cl2N3O2/c1-25-15-11-16(26-2)19(21)14(18(15)20)9-8-13-10-17(24-23-13)22-12-6-4-3-5-7-12/h3-7,10-11H,8-9H2,1-2H3,(H2,22,23,24). The van der Waals surface area contributed by atoms with Crippen molar-refractivity contribution in [1.29, 1.82) is 0 Å². The third kappa shape index (κ3) is 4.06. The van der Waals surface area contributed by atoms with Gasteiger partial charge in [0.2, 0.25) is 0 Å². The van der Waals surface area contributed by atoms with Crippen LogP contribution in [-0.2, 0) is 12.8 Å². The number of aromatic amines is 1. The molecule has 0 aliphatic heterocycles. The number of nitrogens with one attached hydrogen (secondary N) is 2. The quantitative estimate of drug-likeness (QED) is 0.576. The molecule has 3 aromatic rings. The first kappa shape index (κ1) is 18.4. The summed E-state index contributed by atoms with van der Waals surface area (Å²) >= 11 is 12.8. The molecule has 26 heavy (non-hydrogen) atoms. The lowest BCUT2D eigenvalue weighted by Gasteiger charge is -2.14. The molecule has 0 spiro atoms. The number of ether oxygens (including phenoxy) is 2. The fourth-order valence-corrected chi connectivity index (χ4v) is 3.33. The summed E-state index contributed by atoms with van der Waals surface area (Å²) in [5.74, 6) is 1.84. The van der Waals surface area contributed by atoms with Crippen molar-refractivity contribution in [2.75, 3.05) is 19.5 Å². The molecule has 5 nitrogen and oxygen atoms in total. The van der Waals surface area contributed by atoms with Crippen LogP contribution in [0.3, 0.4) is 0 Å². The van der Waals surface area contributed by atoms with Crippen LogP contribution in [0.1, 0.15) is 11.3 Å². The first-order valence-electron chi connectivity index (χ1n) is 8.07. The molecule has 0 amide bonds. The smallest absolute Gasteiger partial charge is 0.152 e. The highest BCUT2D eigenvalue weighted by molar-refractivity contribution is 6.37. The lowest BCUT2D eigenvalue weighted by atomic mass is 10.1. The minimum absolute atomic E-state index is 0.500. The van der Waals surface area contributed by atoms with Gasteiger partial charge >= 0.3 is 0 Å². The predicted octanol–water partition coefficient (Wildman–Crippen LogP) is 5.26. The minimum Gasteiger partial charge on any atom is -0.495 e. The molecule has 0 radical (unpaired) electrons. The van der Waals surface area contributed by atoms with Crippen LogP contribution in [-0.4, -0.2) is 24.4 Å². The number of rotatable bonds is 7. The molecule has 2 aromatic carbocycles. The number of para-hydroxylation sites is 1. The van der Waals surface area contributed by atoms with E-state index in [9.17, 15) is 0 Å². The minimum atomic E-state index is 0.500. The number of methoxy groups -OCH3 is 2. The summed E-state index contributed by atoms with van der Waals surface area (Å²) in [4.78, 5) is 0. The zero-order valence-corrected chi connectivity index (χ0v) is 16.0. The van der Waals surface area contributed by atoms with Crippen molar-refractivity contribution >= 4 is 34.7 Å². The maximum atomic E-state index is 6.42. The number of halogens is 2. The van der Waals surface area contributed by atoms with Gasteiger partial charge in [0.1, 0.15) is 11.5 Å². The van der Waals surface area contributed by atoms with E-state index in [2.05, 4.69) is 15.5 Å². The topological polar surface area (TPSA) is 59.2 Å². The third-order valence-corrected chi connectivity index (χ3v) is 4.81. The van der Waals surface area contributed by atoms with Crippen molar-refractivity contribution in [3.63, 3.8) is 0 Å². The summed E-state index contributed by atoms with van der Waals surface area (Å²) in [7, 11) is 3.13. The Morgan fingerprint density at radius 3 is 2.23 bits per heavy atom. The Morgan fingerprint density at radius 2 is 1.62 bits per heavy atom. The first-order valence-corrected chi connectivity index (χ1v) is 8.83. The molecule has 0 atom stereocenters. The Labute approximate surface area is 162 Å². The van der Waals surface area contributed by atoms with E-state index in [0.29, 0.717) is 34.4 Å². The first-order chi connectivity index (χ1) is 12.6. The van der Waals surface area contributed by atoms with E-state index in [0.717, 1.165) is 22.8 Å². The molecule has 0 bridgehead atoms. The van der Waals surface area contributed by atoms with E-state index in [4.69, 9.17) is 32.7 Å². The van der Waals surface area contributed by atoms with E-state index >= 15 is 0 Å². The van der Waals surface area contributed by atoms with Crippen LogP contribution in [0.4, 0.5) is 11.5 Å². The van der Waals surface area contributed by atoms with Gasteiger partial charge in [0.25, 0.3) is 0 Å². The van der Waals surface area contributed by atoms with Crippen molar-refractivity contribution in [3.05, 3.63) is 63.8 Å². The second-order valence-corrected chi connectivity index (χ2v) is 6.41. The van der Waals surface area contributed by atoms with E-state index in [1.807, 2.05) is 36.4 Å². The number of aryl methyl sites for hydroxylation is 1. The summed E-state index contributed by atoms with van der Waals surface area (Å²) in [5, 5.41) is 11.6. The molecule has 136 valence electrons. The van der Waals surface area contributed by atoms with E-state index in [1.165, 1.54) is 0 Å². The molecule has 0 aliphatic rings. The van der Waals surface area contributed by atoms with E-state index < -0.39 is 0 Å². The van der Waals surface area contributed by atoms with Gasteiger partial charge in [-0.2, -0.15) is 5.10 Å². The zero-order valence-electron chi connectivity index (χ0n) is 14.5. The molecule has 3 rings (SSSR count). The Hall–Kier alpha value is -2.37. The molecule has 7 heteroatoms. The van der Waals surface area contributed by atoms with Crippen LogP contribution < -0.4 is 14.8 Å². The van der Waals surface area contributed by atoms with Crippen molar-refractivity contribution in [3.8, 4) is 11.5 Å². The summed E-state index contributed by atoms with van der Waals surface area (Å²) in [5.41, 5.74) is 2.74. The second kappa shape index (κ2) is 8.34. The van der Waals surface area contributed by atoms with Crippen molar-refractivity contribution in [2.45, 2.75) is 12.8 Å². The van der Waals surface area contributed by atoms with Crippen LogP contribution >= 0.6 is 23.2 Å². The summed E-state index contributed by atoms with van der Waals surface area (Å²) in [6.07, 6.45) is 1.32. The molecular formula is C19H19Cl2N3O2. The van der Waals surface area contributed by atoms with E-state index in [1.54, 1.807) is 20.3 Å². The van der Waals surface area contributed by atoms with Gasteiger partial charge in [-0.3, -0.25) is 5.10 Å². The predicted molar refractivity (Wildman–Crippen MR) is 105 cm³/mol. The van der Waals surface area contributed by atoms with Gasteiger partial charge in [0.05, 0.1) is 24.3 Å². The highest BCUT2D eigenvalue weighted by Crippen LogP contribution is 2.40. The fourth-order valence-electron chi connectivity index (χ4n) is 2.64. The molecule has 2 N–H and O–H groups in total. The number of H-pyrrole nitrogens is 1. The number of benzene rings is 2. The molecule has 1 heterocycles. The Morgan fingerprint density at radius 1 is 0.962 bits per heavy atom. The van der Waals surface area contributed by atoms with Gasteiger partial charge in [0, 0.05) is 23.5 Å². The van der Waals surface area contributed by atoms with Crippen LogP contribution in [0.2, 0.25) is 10.0 Å². The van der Waals surface area contributed by atoms with Gasteiger partial charge in [-0.05, 0) is 30.5 Å². The molecule has 0 saturated carbocycles. The average Bonchev–Trinajstić information content (AvgIpc) is 3.10. The van der Waals surface area contributed by atoms with Crippen LogP contribution in [0.15, 0.2) is 42.5 Å². The normalized spacial score (nSPS) is 10.6. The number of anilines is 2. The monoisotopic (exact) mass is 391 g/mol. The van der Waals surface area contributed by atoms with E-state index in [-0.39, 0.29) is 0 Å². The Kier molecular flexibility index (Phi) is 5.91. The van der Waals surface area contributed by atoms with Gasteiger partial charge in [-0.15, -0.1) is 0 Å². The third-order valence-electron chi connectivity index (χ3n) is 3.99. The Balaban J connectivity index is 1.73. The highest BCUT2D eigenvalue weighted by atomic mass is 35.5. The summed E-state index contributed by atoms with van der Waals surface area (Å²) < 4.78 is 10.6. The van der Waals surface area contributed by atoms with Crippen LogP contribution in [0.5, 0.6) is 11.5 Å². The van der Waals surface area contributed by atoms with Gasteiger partial charge in [0.15, 0.2) is 5.82 Å². The number of aromatic nitrogens is 2. The molecule has 0 fully saturated rings. The number of hydrogen-bond acceptors (Lipinski definition) is 4. The number of nitrogens with zero attached hydrogens (tertiary/aromatic N) is 1. The Bertz CT molecular complexity index is 854. The second-order valence-electron chi connectivity index (χ2n) is 5.66. The van der Waals surface area contributed by atoms with Crippen molar-refractivity contribution in [1.82, 2.24) is 10.2 Å². The lowest BCUT2D eigenvalue weighted by Crippen LogP contribution is -1.98. The van der Waals surface area contributed by atoms with Crippen molar-refractivity contribution in [2.24, 2.45) is 0 Å². The SMILES string of the molecule is COc1cc(OC)c(Cl)c(CCc2cc(Nc3ccccc3)n[nH]2)c1Cl. The van der Waals surface area contributed by atoms with Crippen LogP contribution in [0.25, 0.3) is 0 Å². The maximum Gasteiger partial charge on any atom is 0.152 e. The van der Waals surface area contributed by atoms with Gasteiger partial charge < -0.3 is 14.8 Å².